The van der Waals surface area contributed by atoms with Gasteiger partial charge in [-0.3, -0.25) is 19.5 Å². The number of aromatic nitrogens is 1. The zero-order chi connectivity index (χ0) is 21.1. The maximum atomic E-state index is 12.6. The second kappa shape index (κ2) is 8.53. The van der Waals surface area contributed by atoms with Gasteiger partial charge in [-0.15, -0.1) is 0 Å². The third-order valence-corrected chi connectivity index (χ3v) is 5.68. The molecule has 0 radical (unpaired) electrons. The first-order valence-electron chi connectivity index (χ1n) is 10.2. The van der Waals surface area contributed by atoms with E-state index in [-0.39, 0.29) is 17.7 Å². The van der Waals surface area contributed by atoms with Gasteiger partial charge in [0.25, 0.3) is 11.8 Å². The highest BCUT2D eigenvalue weighted by Gasteiger charge is 2.35. The van der Waals surface area contributed by atoms with Crippen molar-refractivity contribution in [3.63, 3.8) is 0 Å². The zero-order valence-electron chi connectivity index (χ0n) is 17.2. The van der Waals surface area contributed by atoms with Crippen LogP contribution in [0.4, 0.5) is 5.69 Å². The number of imide groups is 1. The number of hydrogen-bond donors (Lipinski definition) is 1. The third kappa shape index (κ3) is 3.73. The van der Waals surface area contributed by atoms with Gasteiger partial charge >= 0.3 is 0 Å². The molecule has 0 spiro atoms. The number of benzene rings is 2. The number of carbonyl (C=O) groups excluding carboxylic acids is 2. The maximum absolute atomic E-state index is 12.6. The van der Waals surface area contributed by atoms with Crippen molar-refractivity contribution in [1.29, 1.82) is 0 Å². The van der Waals surface area contributed by atoms with Crippen LogP contribution in [0.2, 0.25) is 0 Å². The maximum Gasteiger partial charge on any atom is 0.261 e. The molecule has 1 aliphatic rings. The average molecular weight is 403 g/mol. The molecule has 0 aliphatic carbocycles. The van der Waals surface area contributed by atoms with E-state index in [0.29, 0.717) is 24.2 Å². The van der Waals surface area contributed by atoms with Crippen LogP contribution in [0.15, 0.2) is 54.7 Å². The summed E-state index contributed by atoms with van der Waals surface area (Å²) < 4.78 is 5.41. The molecular weight excluding hydrogens is 378 g/mol. The third-order valence-electron chi connectivity index (χ3n) is 5.68. The molecule has 1 atom stereocenters. The van der Waals surface area contributed by atoms with Crippen molar-refractivity contribution in [3.05, 3.63) is 65.9 Å². The van der Waals surface area contributed by atoms with Crippen molar-refractivity contribution < 1.29 is 14.3 Å². The molecule has 4 rings (SSSR count). The summed E-state index contributed by atoms with van der Waals surface area (Å²) >= 11 is 0. The number of rotatable bonds is 8. The van der Waals surface area contributed by atoms with Gasteiger partial charge in [-0.1, -0.05) is 31.5 Å². The zero-order valence-corrected chi connectivity index (χ0v) is 17.2. The van der Waals surface area contributed by atoms with E-state index in [4.69, 9.17) is 4.74 Å². The molecule has 0 bridgehead atoms. The summed E-state index contributed by atoms with van der Waals surface area (Å²) in [5.41, 5.74) is 2.82. The first-order chi connectivity index (χ1) is 14.6. The summed E-state index contributed by atoms with van der Waals surface area (Å²) in [7, 11) is 1.65. The lowest BCUT2D eigenvalue weighted by Gasteiger charge is -2.22. The van der Waals surface area contributed by atoms with Crippen LogP contribution >= 0.6 is 0 Å². The molecule has 2 amide bonds. The second-order valence-electron chi connectivity index (χ2n) is 7.51. The highest BCUT2D eigenvalue weighted by molar-refractivity contribution is 6.21. The summed E-state index contributed by atoms with van der Waals surface area (Å²) in [6.07, 6.45) is 3.48. The van der Waals surface area contributed by atoms with Gasteiger partial charge in [-0.2, -0.15) is 0 Å². The van der Waals surface area contributed by atoms with Gasteiger partial charge < -0.3 is 10.1 Å². The lowest BCUT2D eigenvalue weighted by molar-refractivity contribution is 0.0626. The number of hydrogen-bond acceptors (Lipinski definition) is 5. The molecule has 0 fully saturated rings. The van der Waals surface area contributed by atoms with Gasteiger partial charge in [0.05, 0.1) is 29.4 Å². The first kappa shape index (κ1) is 19.9. The van der Waals surface area contributed by atoms with E-state index < -0.39 is 0 Å². The molecule has 1 aromatic heterocycles. The first-order valence-corrected chi connectivity index (χ1v) is 10.2. The molecule has 30 heavy (non-hydrogen) atoms. The monoisotopic (exact) mass is 403 g/mol. The second-order valence-corrected chi connectivity index (χ2v) is 7.51. The fraction of sp³-hybridized carbons (Fsp3) is 0.292. The molecule has 154 valence electrons. The number of nitrogens with zero attached hydrogens (tertiary/aromatic N) is 2. The van der Waals surface area contributed by atoms with E-state index in [1.54, 1.807) is 37.6 Å². The fourth-order valence-electron chi connectivity index (χ4n) is 3.92. The molecule has 1 aliphatic heterocycles. The Balaban J connectivity index is 1.42. The highest BCUT2D eigenvalue weighted by Crippen LogP contribution is 2.28. The quantitative estimate of drug-likeness (QED) is 0.566. The molecule has 0 saturated carbocycles. The van der Waals surface area contributed by atoms with Crippen LogP contribution < -0.4 is 10.1 Å². The number of fused-ring (bicyclic) bond motifs is 2. The molecule has 6 nitrogen and oxygen atoms in total. The van der Waals surface area contributed by atoms with Crippen molar-refractivity contribution in [2.75, 3.05) is 25.5 Å². The lowest BCUT2D eigenvalue weighted by Crippen LogP contribution is -2.35. The predicted molar refractivity (Wildman–Crippen MR) is 117 cm³/mol. The van der Waals surface area contributed by atoms with Crippen LogP contribution in [0, 0.1) is 5.92 Å². The van der Waals surface area contributed by atoms with Gasteiger partial charge in [0, 0.05) is 30.7 Å². The molecule has 2 heterocycles. The summed E-state index contributed by atoms with van der Waals surface area (Å²) in [5.74, 6) is 0.607. The van der Waals surface area contributed by atoms with Crippen molar-refractivity contribution in [1.82, 2.24) is 9.88 Å². The Hall–Kier alpha value is -3.41. The number of methoxy groups -OCH3 is 1. The van der Waals surface area contributed by atoms with E-state index >= 15 is 0 Å². The van der Waals surface area contributed by atoms with Crippen LogP contribution in [0.5, 0.6) is 5.75 Å². The Morgan fingerprint density at radius 3 is 2.47 bits per heavy atom. The number of carbonyl (C=O) groups is 2. The van der Waals surface area contributed by atoms with Crippen LogP contribution in [0.25, 0.3) is 10.9 Å². The number of amides is 2. The molecule has 1 N–H and O–H groups in total. The Kier molecular flexibility index (Phi) is 5.65. The summed E-state index contributed by atoms with van der Waals surface area (Å²) in [4.78, 5) is 31.2. The Morgan fingerprint density at radius 2 is 1.80 bits per heavy atom. The predicted octanol–water partition coefficient (Wildman–Crippen LogP) is 4.37. The smallest absolute Gasteiger partial charge is 0.261 e. The molecule has 6 heteroatoms. The summed E-state index contributed by atoms with van der Waals surface area (Å²) in [6, 6.07) is 14.8. The van der Waals surface area contributed by atoms with E-state index in [0.717, 1.165) is 35.2 Å². The summed E-state index contributed by atoms with van der Waals surface area (Å²) in [6.45, 7) is 3.23. The minimum absolute atomic E-state index is 0.190. The average Bonchev–Trinajstić information content (AvgIpc) is 3.03. The van der Waals surface area contributed by atoms with Crippen LogP contribution in [-0.2, 0) is 0 Å². The van der Waals surface area contributed by atoms with Crippen molar-refractivity contribution in [2.45, 2.75) is 19.8 Å². The van der Waals surface area contributed by atoms with Crippen molar-refractivity contribution in [2.24, 2.45) is 5.92 Å². The van der Waals surface area contributed by atoms with Gasteiger partial charge in [-0.25, -0.2) is 0 Å². The minimum Gasteiger partial charge on any atom is -0.497 e. The van der Waals surface area contributed by atoms with E-state index in [9.17, 15) is 9.59 Å². The van der Waals surface area contributed by atoms with Gasteiger partial charge in [0.15, 0.2) is 0 Å². The van der Waals surface area contributed by atoms with E-state index in [1.807, 2.05) is 24.3 Å². The van der Waals surface area contributed by atoms with E-state index in [2.05, 4.69) is 17.2 Å². The molecular formula is C24H25N3O3. The number of anilines is 1. The molecule has 0 unspecified atom stereocenters. The van der Waals surface area contributed by atoms with Crippen LogP contribution in [0.3, 0.4) is 0 Å². The van der Waals surface area contributed by atoms with Crippen molar-refractivity contribution in [3.8, 4) is 5.75 Å². The Labute approximate surface area is 175 Å². The number of ether oxygens (including phenoxy) is 1. The molecule has 0 saturated heterocycles. The Morgan fingerprint density at radius 1 is 1.07 bits per heavy atom. The highest BCUT2D eigenvalue weighted by atomic mass is 16.5. The fourth-order valence-corrected chi connectivity index (χ4v) is 3.92. The standard InChI is InChI=1S/C24H25N3O3/c1-3-16(15-27-23(28)19-8-4-5-9-20(19)24(27)29)10-12-25-21-14-18(30-2)13-17-7-6-11-26-22(17)21/h4-9,11,13-14,16,25H,3,10,12,15H2,1-2H3/t16-/m1/s1. The number of nitrogens with one attached hydrogen (secondary N) is 1. The van der Waals surface area contributed by atoms with E-state index in [1.165, 1.54) is 4.90 Å². The lowest BCUT2D eigenvalue weighted by atomic mass is 10.0. The SMILES string of the molecule is CC[C@H](CCNc1cc(OC)cc2cccnc12)CN1C(=O)c2ccccc2C1=O. The minimum atomic E-state index is -0.190. The molecule has 2 aromatic carbocycles. The Bertz CT molecular complexity index is 1060. The summed E-state index contributed by atoms with van der Waals surface area (Å²) in [5, 5.41) is 4.47. The van der Waals surface area contributed by atoms with Gasteiger partial charge in [0.1, 0.15) is 5.75 Å². The van der Waals surface area contributed by atoms with Crippen molar-refractivity contribution >= 4 is 28.4 Å². The van der Waals surface area contributed by atoms with Gasteiger partial charge in [0.2, 0.25) is 0 Å². The largest absolute Gasteiger partial charge is 0.497 e. The van der Waals surface area contributed by atoms with Crippen LogP contribution in [0.1, 0.15) is 40.5 Å². The van der Waals surface area contributed by atoms with Gasteiger partial charge in [-0.05, 0) is 36.6 Å². The molecule has 3 aromatic rings. The van der Waals surface area contributed by atoms with Crippen LogP contribution in [-0.4, -0.2) is 41.9 Å². The normalized spacial score (nSPS) is 14.1. The number of pyridine rings is 1. The topological polar surface area (TPSA) is 71.5 Å².